The minimum Gasteiger partial charge on any atom is -0.204 e. The van der Waals surface area contributed by atoms with Gasteiger partial charge in [0.05, 0.1) is 5.69 Å². The molecule has 1 N–H and O–H groups in total. The lowest BCUT2D eigenvalue weighted by molar-refractivity contribution is 1.15. The van der Waals surface area contributed by atoms with E-state index in [9.17, 15) is 0 Å². The topological polar surface area (TPSA) is 36.2 Å². The summed E-state index contributed by atoms with van der Waals surface area (Å²) in [4.78, 5) is 0. The van der Waals surface area contributed by atoms with Crippen molar-refractivity contribution in [3.05, 3.63) is 28.7 Å². The molecule has 1 rings (SSSR count). The molecule has 0 aliphatic heterocycles. The maximum Gasteiger partial charge on any atom is 0.0861 e. The van der Waals surface area contributed by atoms with E-state index in [0.717, 1.165) is 4.47 Å². The SMILES string of the molecule is N=Nc1cccc(Br)c1. The summed E-state index contributed by atoms with van der Waals surface area (Å²) >= 11 is 3.26. The van der Waals surface area contributed by atoms with Gasteiger partial charge in [0.25, 0.3) is 0 Å². The van der Waals surface area contributed by atoms with Gasteiger partial charge in [-0.15, -0.1) is 0 Å². The van der Waals surface area contributed by atoms with Gasteiger partial charge in [0, 0.05) is 4.47 Å². The van der Waals surface area contributed by atoms with Crippen LogP contribution in [0.15, 0.2) is 33.9 Å². The van der Waals surface area contributed by atoms with Crippen LogP contribution in [0.25, 0.3) is 0 Å². The summed E-state index contributed by atoms with van der Waals surface area (Å²) in [6, 6.07) is 7.30. The fourth-order valence-electron chi connectivity index (χ4n) is 0.546. The molecule has 0 saturated heterocycles. The third kappa shape index (κ3) is 1.61. The third-order valence-electron chi connectivity index (χ3n) is 0.937. The number of nitrogens with one attached hydrogen (secondary N) is 1. The predicted molar refractivity (Wildman–Crippen MR) is 38.9 cm³/mol. The van der Waals surface area contributed by atoms with Crippen LogP contribution >= 0.6 is 15.9 Å². The van der Waals surface area contributed by atoms with Gasteiger partial charge < -0.3 is 0 Å². The van der Waals surface area contributed by atoms with E-state index < -0.39 is 0 Å². The minimum absolute atomic E-state index is 0.671. The quantitative estimate of drug-likeness (QED) is 0.652. The first kappa shape index (κ1) is 6.42. The van der Waals surface area contributed by atoms with Crippen LogP contribution in [0.4, 0.5) is 5.69 Å². The lowest BCUT2D eigenvalue weighted by Crippen LogP contribution is -1.61. The normalized spacial score (nSPS) is 9.00. The molecular formula is C6H5BrN2. The van der Waals surface area contributed by atoms with Crippen LogP contribution < -0.4 is 0 Å². The van der Waals surface area contributed by atoms with Crippen LogP contribution in [0.2, 0.25) is 0 Å². The maximum absolute atomic E-state index is 6.64. The van der Waals surface area contributed by atoms with E-state index in [0.29, 0.717) is 5.69 Å². The van der Waals surface area contributed by atoms with Crippen molar-refractivity contribution in [3.8, 4) is 0 Å². The molecule has 1 aromatic rings. The average Bonchev–Trinajstić information content (AvgIpc) is 1.88. The summed E-state index contributed by atoms with van der Waals surface area (Å²) in [7, 11) is 0. The smallest absolute Gasteiger partial charge is 0.0861 e. The molecule has 0 bridgehead atoms. The monoisotopic (exact) mass is 184 g/mol. The predicted octanol–water partition coefficient (Wildman–Crippen LogP) is 3.11. The van der Waals surface area contributed by atoms with Crippen molar-refractivity contribution in [2.45, 2.75) is 0 Å². The van der Waals surface area contributed by atoms with Gasteiger partial charge in [-0.25, -0.2) is 5.53 Å². The number of benzene rings is 1. The van der Waals surface area contributed by atoms with Crippen molar-refractivity contribution in [1.82, 2.24) is 0 Å². The van der Waals surface area contributed by atoms with Crippen LogP contribution in [0.5, 0.6) is 0 Å². The summed E-state index contributed by atoms with van der Waals surface area (Å²) < 4.78 is 0.955. The Kier molecular flexibility index (Phi) is 1.95. The number of nitrogens with zero attached hydrogens (tertiary/aromatic N) is 1. The van der Waals surface area contributed by atoms with Gasteiger partial charge in [-0.1, -0.05) is 22.0 Å². The van der Waals surface area contributed by atoms with Crippen molar-refractivity contribution in [1.29, 1.82) is 5.53 Å². The maximum atomic E-state index is 6.64. The zero-order valence-corrected chi connectivity index (χ0v) is 6.22. The first-order chi connectivity index (χ1) is 4.33. The molecule has 0 spiro atoms. The van der Waals surface area contributed by atoms with Gasteiger partial charge in [0.1, 0.15) is 0 Å². The van der Waals surface area contributed by atoms with Crippen LogP contribution in [0, 0.1) is 5.53 Å². The van der Waals surface area contributed by atoms with E-state index in [1.54, 1.807) is 12.1 Å². The Labute approximate surface area is 61.5 Å². The van der Waals surface area contributed by atoms with E-state index in [-0.39, 0.29) is 0 Å². The summed E-state index contributed by atoms with van der Waals surface area (Å²) in [6.07, 6.45) is 0. The summed E-state index contributed by atoms with van der Waals surface area (Å²) in [5, 5.41) is 3.25. The fourth-order valence-corrected chi connectivity index (χ4v) is 0.933. The van der Waals surface area contributed by atoms with Crippen molar-refractivity contribution >= 4 is 21.6 Å². The van der Waals surface area contributed by atoms with Crippen molar-refractivity contribution in [3.63, 3.8) is 0 Å². The van der Waals surface area contributed by atoms with E-state index >= 15 is 0 Å². The van der Waals surface area contributed by atoms with E-state index in [1.807, 2.05) is 12.1 Å². The van der Waals surface area contributed by atoms with Gasteiger partial charge in [-0.05, 0) is 18.2 Å². The highest BCUT2D eigenvalue weighted by molar-refractivity contribution is 9.10. The average molecular weight is 185 g/mol. The third-order valence-corrected chi connectivity index (χ3v) is 1.43. The Morgan fingerprint density at radius 1 is 1.44 bits per heavy atom. The van der Waals surface area contributed by atoms with Gasteiger partial charge in [-0.2, -0.15) is 5.11 Å². The molecule has 9 heavy (non-hydrogen) atoms. The van der Waals surface area contributed by atoms with Crippen LogP contribution in [0.1, 0.15) is 0 Å². The number of rotatable bonds is 1. The lowest BCUT2D eigenvalue weighted by atomic mass is 10.3. The van der Waals surface area contributed by atoms with Crippen LogP contribution in [0.3, 0.4) is 0 Å². The van der Waals surface area contributed by atoms with Gasteiger partial charge in [0.2, 0.25) is 0 Å². The zero-order valence-electron chi connectivity index (χ0n) is 4.63. The summed E-state index contributed by atoms with van der Waals surface area (Å²) in [5.41, 5.74) is 7.32. The van der Waals surface area contributed by atoms with Gasteiger partial charge in [0.15, 0.2) is 0 Å². The molecule has 0 fully saturated rings. The van der Waals surface area contributed by atoms with Gasteiger partial charge in [-0.3, -0.25) is 0 Å². The van der Waals surface area contributed by atoms with Crippen molar-refractivity contribution in [2.75, 3.05) is 0 Å². The molecule has 0 aliphatic carbocycles. The first-order valence-electron chi connectivity index (χ1n) is 2.46. The fraction of sp³-hybridized carbons (Fsp3) is 0. The molecule has 0 saturated carbocycles. The van der Waals surface area contributed by atoms with Crippen molar-refractivity contribution in [2.24, 2.45) is 5.11 Å². The zero-order chi connectivity index (χ0) is 6.69. The number of hydrogen-bond donors (Lipinski definition) is 1. The molecule has 0 aromatic heterocycles. The van der Waals surface area contributed by atoms with Crippen LogP contribution in [-0.2, 0) is 0 Å². The van der Waals surface area contributed by atoms with Crippen molar-refractivity contribution < 1.29 is 0 Å². The molecule has 0 aliphatic rings. The van der Waals surface area contributed by atoms with Gasteiger partial charge >= 0.3 is 0 Å². The molecular weight excluding hydrogens is 180 g/mol. The minimum atomic E-state index is 0.671. The Hall–Kier alpha value is -0.700. The van der Waals surface area contributed by atoms with E-state index in [1.165, 1.54) is 0 Å². The molecule has 2 nitrogen and oxygen atoms in total. The van der Waals surface area contributed by atoms with Crippen LogP contribution in [-0.4, -0.2) is 0 Å². The molecule has 0 amide bonds. The Balaban J connectivity index is 3.07. The molecule has 3 heteroatoms. The summed E-state index contributed by atoms with van der Waals surface area (Å²) in [6.45, 7) is 0. The number of hydrogen-bond acceptors (Lipinski definition) is 2. The standard InChI is InChI=1S/C6H5BrN2/c7-5-2-1-3-6(4-5)9-8/h1-4,8H. The molecule has 0 atom stereocenters. The second-order valence-electron chi connectivity index (χ2n) is 1.59. The molecule has 0 unspecified atom stereocenters. The first-order valence-corrected chi connectivity index (χ1v) is 3.25. The molecule has 0 radical (unpaired) electrons. The molecule has 1 aromatic carbocycles. The Bertz CT molecular complexity index is 222. The highest BCUT2D eigenvalue weighted by Crippen LogP contribution is 2.17. The van der Waals surface area contributed by atoms with E-state index in [2.05, 4.69) is 21.0 Å². The summed E-state index contributed by atoms with van der Waals surface area (Å²) in [5.74, 6) is 0. The molecule has 0 heterocycles. The molecule has 46 valence electrons. The second-order valence-corrected chi connectivity index (χ2v) is 2.51. The van der Waals surface area contributed by atoms with E-state index in [4.69, 9.17) is 5.53 Å². The Morgan fingerprint density at radius 3 is 2.67 bits per heavy atom. The second kappa shape index (κ2) is 2.73. The largest absolute Gasteiger partial charge is 0.204 e. The highest BCUT2D eigenvalue weighted by Gasteiger charge is 1.87. The number of halogens is 1. The highest BCUT2D eigenvalue weighted by atomic mass is 79.9. The lowest BCUT2D eigenvalue weighted by Gasteiger charge is -1.88. The Morgan fingerprint density at radius 2 is 2.22 bits per heavy atom.